The number of aromatic nitrogens is 2. The number of nitrogens with zero attached hydrogens (tertiary/aromatic N) is 2. The van der Waals surface area contributed by atoms with Crippen molar-refractivity contribution in [3.8, 4) is 5.69 Å². The molecule has 0 aliphatic heterocycles. The number of anilines is 1. The Kier molecular flexibility index (Phi) is 3.59. The number of rotatable bonds is 5. The second-order valence-electron chi connectivity index (χ2n) is 3.75. The molecule has 84 valence electrons. The molecular weight excluding hydrogens is 198 g/mol. The predicted molar refractivity (Wildman–Crippen MR) is 67.0 cm³/mol. The fourth-order valence-electron chi connectivity index (χ4n) is 1.63. The Hall–Kier alpha value is -1.77. The summed E-state index contributed by atoms with van der Waals surface area (Å²) in [5, 5.41) is 7.69. The van der Waals surface area contributed by atoms with Gasteiger partial charge in [0.1, 0.15) is 0 Å². The first-order valence-electron chi connectivity index (χ1n) is 5.74. The van der Waals surface area contributed by atoms with E-state index in [1.54, 1.807) is 6.20 Å². The van der Waals surface area contributed by atoms with Crippen LogP contribution in [-0.4, -0.2) is 16.3 Å². The van der Waals surface area contributed by atoms with Crippen LogP contribution in [0.1, 0.15) is 19.8 Å². The van der Waals surface area contributed by atoms with Crippen molar-refractivity contribution in [1.29, 1.82) is 0 Å². The summed E-state index contributed by atoms with van der Waals surface area (Å²) >= 11 is 0. The Labute approximate surface area is 96.1 Å². The molecule has 0 aliphatic carbocycles. The Balaban J connectivity index is 2.18. The van der Waals surface area contributed by atoms with Gasteiger partial charge in [-0.3, -0.25) is 0 Å². The number of unbranched alkanes of at least 4 members (excludes halogenated alkanes) is 1. The summed E-state index contributed by atoms with van der Waals surface area (Å²) in [7, 11) is 0. The number of hydrogen-bond acceptors (Lipinski definition) is 2. The first-order chi connectivity index (χ1) is 7.92. The molecule has 16 heavy (non-hydrogen) atoms. The fourth-order valence-corrected chi connectivity index (χ4v) is 1.63. The van der Waals surface area contributed by atoms with Crippen molar-refractivity contribution >= 4 is 5.69 Å². The molecule has 1 aromatic carbocycles. The van der Waals surface area contributed by atoms with E-state index >= 15 is 0 Å². The zero-order valence-corrected chi connectivity index (χ0v) is 9.56. The van der Waals surface area contributed by atoms with Crippen LogP contribution in [0.2, 0.25) is 0 Å². The highest BCUT2D eigenvalue weighted by Gasteiger charge is 2.02. The second kappa shape index (κ2) is 5.35. The van der Waals surface area contributed by atoms with Crippen LogP contribution in [0.5, 0.6) is 0 Å². The van der Waals surface area contributed by atoms with Gasteiger partial charge >= 0.3 is 0 Å². The minimum Gasteiger partial charge on any atom is -0.383 e. The third-order valence-electron chi connectivity index (χ3n) is 2.50. The van der Waals surface area contributed by atoms with Crippen LogP contribution in [0.15, 0.2) is 42.7 Å². The number of para-hydroxylation sites is 2. The van der Waals surface area contributed by atoms with E-state index < -0.39 is 0 Å². The van der Waals surface area contributed by atoms with Crippen LogP contribution in [0.25, 0.3) is 5.69 Å². The van der Waals surface area contributed by atoms with Crippen LogP contribution in [-0.2, 0) is 0 Å². The van der Waals surface area contributed by atoms with Crippen molar-refractivity contribution in [1.82, 2.24) is 9.78 Å². The maximum absolute atomic E-state index is 4.25. The van der Waals surface area contributed by atoms with Crippen LogP contribution >= 0.6 is 0 Å². The molecule has 3 nitrogen and oxygen atoms in total. The van der Waals surface area contributed by atoms with E-state index in [2.05, 4.69) is 29.5 Å². The molecule has 0 spiro atoms. The molecule has 2 aromatic rings. The number of nitrogens with one attached hydrogen (secondary N) is 1. The summed E-state index contributed by atoms with van der Waals surface area (Å²) < 4.78 is 1.88. The molecule has 0 bridgehead atoms. The van der Waals surface area contributed by atoms with Crippen molar-refractivity contribution < 1.29 is 0 Å². The predicted octanol–water partition coefficient (Wildman–Crippen LogP) is 3.08. The molecule has 0 amide bonds. The largest absolute Gasteiger partial charge is 0.383 e. The van der Waals surface area contributed by atoms with Crippen molar-refractivity contribution in [3.63, 3.8) is 0 Å². The summed E-state index contributed by atoms with van der Waals surface area (Å²) in [6.07, 6.45) is 6.15. The van der Waals surface area contributed by atoms with Gasteiger partial charge in [0.25, 0.3) is 0 Å². The Bertz CT molecular complexity index is 421. The van der Waals surface area contributed by atoms with Gasteiger partial charge < -0.3 is 5.32 Å². The average Bonchev–Trinajstić information content (AvgIpc) is 2.83. The van der Waals surface area contributed by atoms with Crippen molar-refractivity contribution in [2.45, 2.75) is 19.8 Å². The number of hydrogen-bond donors (Lipinski definition) is 1. The zero-order chi connectivity index (χ0) is 11.2. The van der Waals surface area contributed by atoms with Crippen LogP contribution in [0.4, 0.5) is 5.69 Å². The molecule has 0 radical (unpaired) electrons. The van der Waals surface area contributed by atoms with Crippen LogP contribution in [0.3, 0.4) is 0 Å². The minimum atomic E-state index is 1.01. The van der Waals surface area contributed by atoms with E-state index in [9.17, 15) is 0 Å². The van der Waals surface area contributed by atoms with Gasteiger partial charge in [-0.1, -0.05) is 25.5 Å². The van der Waals surface area contributed by atoms with E-state index in [1.165, 1.54) is 12.8 Å². The normalized spacial score (nSPS) is 10.3. The van der Waals surface area contributed by atoms with Gasteiger partial charge in [0.2, 0.25) is 0 Å². The lowest BCUT2D eigenvalue weighted by Gasteiger charge is -2.11. The fraction of sp³-hybridized carbons (Fsp3) is 0.308. The quantitative estimate of drug-likeness (QED) is 0.777. The Morgan fingerprint density at radius 3 is 2.88 bits per heavy atom. The second-order valence-corrected chi connectivity index (χ2v) is 3.75. The van der Waals surface area contributed by atoms with Gasteiger partial charge in [-0.05, 0) is 24.6 Å². The SMILES string of the molecule is CCCCNc1ccccc1-n1cccn1. The van der Waals surface area contributed by atoms with Gasteiger partial charge in [-0.15, -0.1) is 0 Å². The van der Waals surface area contributed by atoms with Crippen LogP contribution < -0.4 is 5.32 Å². The summed E-state index contributed by atoms with van der Waals surface area (Å²) in [6, 6.07) is 10.2. The molecule has 0 saturated heterocycles. The molecular formula is C13H17N3. The number of benzene rings is 1. The Morgan fingerprint density at radius 1 is 1.25 bits per heavy atom. The van der Waals surface area contributed by atoms with E-state index in [1.807, 2.05) is 29.1 Å². The standard InChI is InChI=1S/C13H17N3/c1-2-3-9-14-12-7-4-5-8-13(12)16-11-6-10-15-16/h4-8,10-11,14H,2-3,9H2,1H3. The minimum absolute atomic E-state index is 1.01. The molecule has 2 rings (SSSR count). The molecule has 1 aromatic heterocycles. The summed E-state index contributed by atoms with van der Waals surface area (Å²) in [4.78, 5) is 0. The monoisotopic (exact) mass is 215 g/mol. The lowest BCUT2D eigenvalue weighted by Crippen LogP contribution is -2.05. The highest BCUT2D eigenvalue weighted by molar-refractivity contribution is 5.60. The molecule has 1 heterocycles. The molecule has 1 N–H and O–H groups in total. The van der Waals surface area contributed by atoms with Crippen LogP contribution in [0, 0.1) is 0 Å². The summed E-state index contributed by atoms with van der Waals surface area (Å²) in [6.45, 7) is 3.20. The van der Waals surface area contributed by atoms with Gasteiger partial charge in [-0.2, -0.15) is 5.10 Å². The highest BCUT2D eigenvalue weighted by Crippen LogP contribution is 2.18. The van der Waals surface area contributed by atoms with E-state index in [4.69, 9.17) is 0 Å². The van der Waals surface area contributed by atoms with Gasteiger partial charge in [-0.25, -0.2) is 4.68 Å². The molecule has 0 atom stereocenters. The Morgan fingerprint density at radius 2 is 2.12 bits per heavy atom. The lowest BCUT2D eigenvalue weighted by molar-refractivity contribution is 0.828. The summed E-state index contributed by atoms with van der Waals surface area (Å²) in [5.41, 5.74) is 2.24. The maximum Gasteiger partial charge on any atom is 0.0876 e. The third kappa shape index (κ3) is 2.42. The summed E-state index contributed by atoms with van der Waals surface area (Å²) in [5.74, 6) is 0. The molecule has 0 aliphatic rings. The van der Waals surface area contributed by atoms with Gasteiger partial charge in [0, 0.05) is 18.9 Å². The third-order valence-corrected chi connectivity index (χ3v) is 2.50. The molecule has 0 fully saturated rings. The molecule has 0 unspecified atom stereocenters. The van der Waals surface area contributed by atoms with E-state index in [0.717, 1.165) is 17.9 Å². The maximum atomic E-state index is 4.25. The molecule has 3 heteroatoms. The average molecular weight is 215 g/mol. The highest BCUT2D eigenvalue weighted by atomic mass is 15.3. The smallest absolute Gasteiger partial charge is 0.0876 e. The van der Waals surface area contributed by atoms with E-state index in [-0.39, 0.29) is 0 Å². The van der Waals surface area contributed by atoms with Crippen molar-refractivity contribution in [2.24, 2.45) is 0 Å². The zero-order valence-electron chi connectivity index (χ0n) is 9.56. The van der Waals surface area contributed by atoms with E-state index in [0.29, 0.717) is 0 Å². The topological polar surface area (TPSA) is 29.9 Å². The van der Waals surface area contributed by atoms with Gasteiger partial charge in [0.05, 0.1) is 11.4 Å². The lowest BCUT2D eigenvalue weighted by atomic mass is 10.2. The van der Waals surface area contributed by atoms with Gasteiger partial charge in [0.15, 0.2) is 0 Å². The van der Waals surface area contributed by atoms with Crippen molar-refractivity contribution in [3.05, 3.63) is 42.7 Å². The van der Waals surface area contributed by atoms with Crippen molar-refractivity contribution in [2.75, 3.05) is 11.9 Å². The molecule has 0 saturated carbocycles. The first-order valence-corrected chi connectivity index (χ1v) is 5.74. The first kappa shape index (κ1) is 10.7.